The number of pyridine rings is 1. The number of aryl methyl sites for hydroxylation is 1. The number of hydrogen-bond donors (Lipinski definition) is 1. The van der Waals surface area contributed by atoms with Crippen LogP contribution in [0.25, 0.3) is 5.76 Å². The second kappa shape index (κ2) is 10.4. The first-order chi connectivity index (χ1) is 16.5. The summed E-state index contributed by atoms with van der Waals surface area (Å²) in [5, 5.41) is 11.2. The Balaban J connectivity index is 1.68. The van der Waals surface area contributed by atoms with Crippen LogP contribution < -0.4 is 4.74 Å². The van der Waals surface area contributed by atoms with Crippen molar-refractivity contribution < 1.29 is 23.8 Å². The van der Waals surface area contributed by atoms with E-state index in [0.29, 0.717) is 29.4 Å². The summed E-state index contributed by atoms with van der Waals surface area (Å²) in [5.74, 6) is 0.0525. The number of carbonyl (C=O) groups is 2. The highest BCUT2D eigenvalue weighted by atomic mass is 16.5. The molecular formula is C27H28N2O5. The average Bonchev–Trinajstić information content (AvgIpc) is 3.38. The van der Waals surface area contributed by atoms with E-state index in [1.165, 1.54) is 4.90 Å². The van der Waals surface area contributed by atoms with Gasteiger partial charge >= 0.3 is 0 Å². The second-order valence-corrected chi connectivity index (χ2v) is 8.32. The van der Waals surface area contributed by atoms with Crippen molar-refractivity contribution in [3.63, 3.8) is 0 Å². The molecule has 0 spiro atoms. The van der Waals surface area contributed by atoms with Crippen molar-refractivity contribution in [1.82, 2.24) is 9.88 Å². The van der Waals surface area contributed by atoms with E-state index in [-0.39, 0.29) is 17.9 Å². The van der Waals surface area contributed by atoms with Gasteiger partial charge in [0, 0.05) is 24.5 Å². The number of unbranched alkanes of at least 4 members (excludes halogenated alkanes) is 2. The average molecular weight is 461 g/mol. The Labute approximate surface area is 198 Å². The molecule has 3 aromatic rings. The number of Topliss-reactive ketones (excluding diaryl/α,β-unsaturated/α-hetero) is 1. The molecule has 1 N–H and O–H groups in total. The molecule has 1 unspecified atom stereocenters. The van der Waals surface area contributed by atoms with Gasteiger partial charge in [0.2, 0.25) is 0 Å². The minimum atomic E-state index is -0.848. The monoisotopic (exact) mass is 460 g/mol. The number of carbonyl (C=O) groups excluding carboxylic acids is 2. The van der Waals surface area contributed by atoms with Crippen molar-refractivity contribution in [3.05, 3.63) is 89.1 Å². The Morgan fingerprint density at radius 1 is 1.12 bits per heavy atom. The van der Waals surface area contributed by atoms with Gasteiger partial charge in [-0.25, -0.2) is 0 Å². The molecule has 1 aromatic carbocycles. The molecule has 3 heterocycles. The highest BCUT2D eigenvalue weighted by molar-refractivity contribution is 6.46. The van der Waals surface area contributed by atoms with Crippen LogP contribution >= 0.6 is 0 Å². The van der Waals surface area contributed by atoms with E-state index in [1.807, 2.05) is 6.07 Å². The maximum Gasteiger partial charge on any atom is 0.296 e. The van der Waals surface area contributed by atoms with Crippen LogP contribution in [-0.2, 0) is 16.1 Å². The summed E-state index contributed by atoms with van der Waals surface area (Å²) in [6.45, 7) is 4.70. The van der Waals surface area contributed by atoms with E-state index in [4.69, 9.17) is 9.15 Å². The fraction of sp³-hybridized carbons (Fsp3) is 0.296. The van der Waals surface area contributed by atoms with E-state index in [1.54, 1.807) is 61.8 Å². The van der Waals surface area contributed by atoms with Gasteiger partial charge in [-0.05, 0) is 61.4 Å². The number of aliphatic hydroxyl groups excluding tert-OH is 1. The fourth-order valence-electron chi connectivity index (χ4n) is 4.03. The number of hydrogen-bond acceptors (Lipinski definition) is 6. The standard InChI is InChI=1S/C27H28N2O5/c1-3-4-5-15-33-21-11-9-20(10-12-21)25(30)23-24(22-13-8-18(2)34-22)29(27(32)26(23)31)17-19-7-6-14-28-16-19/h6-14,16,24,30H,3-5,15,17H2,1-2H3/b25-23-. The van der Waals surface area contributed by atoms with Gasteiger partial charge in [-0.3, -0.25) is 14.6 Å². The maximum absolute atomic E-state index is 13.1. The molecule has 1 saturated heterocycles. The first-order valence-corrected chi connectivity index (χ1v) is 11.5. The van der Waals surface area contributed by atoms with Crippen LogP contribution in [0.2, 0.25) is 0 Å². The van der Waals surface area contributed by atoms with Crippen molar-refractivity contribution in [2.45, 2.75) is 45.7 Å². The predicted octanol–water partition coefficient (Wildman–Crippen LogP) is 5.17. The van der Waals surface area contributed by atoms with Gasteiger partial charge < -0.3 is 19.2 Å². The SMILES string of the molecule is CCCCCOc1ccc(/C(O)=C2/C(=O)C(=O)N(Cc3cccnc3)C2c2ccc(C)o2)cc1. The molecular weight excluding hydrogens is 432 g/mol. The highest BCUT2D eigenvalue weighted by Crippen LogP contribution is 2.41. The number of aliphatic hydroxyl groups is 1. The molecule has 2 aromatic heterocycles. The summed E-state index contributed by atoms with van der Waals surface area (Å²) in [6, 6.07) is 13.1. The van der Waals surface area contributed by atoms with Crippen molar-refractivity contribution >= 4 is 17.4 Å². The molecule has 7 heteroatoms. The van der Waals surface area contributed by atoms with Crippen molar-refractivity contribution in [2.75, 3.05) is 6.61 Å². The lowest BCUT2D eigenvalue weighted by atomic mass is 9.99. The molecule has 7 nitrogen and oxygen atoms in total. The first-order valence-electron chi connectivity index (χ1n) is 11.5. The third-order valence-corrected chi connectivity index (χ3v) is 5.79. The maximum atomic E-state index is 13.1. The minimum Gasteiger partial charge on any atom is -0.507 e. The van der Waals surface area contributed by atoms with Gasteiger partial charge in [-0.2, -0.15) is 0 Å². The molecule has 1 aliphatic heterocycles. The largest absolute Gasteiger partial charge is 0.507 e. The lowest BCUT2D eigenvalue weighted by molar-refractivity contribution is -0.140. The third-order valence-electron chi connectivity index (χ3n) is 5.79. The van der Waals surface area contributed by atoms with Crippen LogP contribution in [0, 0.1) is 6.92 Å². The molecule has 1 aliphatic rings. The molecule has 0 radical (unpaired) electrons. The van der Waals surface area contributed by atoms with Gasteiger partial charge in [-0.15, -0.1) is 0 Å². The summed E-state index contributed by atoms with van der Waals surface area (Å²) < 4.78 is 11.5. The van der Waals surface area contributed by atoms with E-state index in [0.717, 1.165) is 24.8 Å². The van der Waals surface area contributed by atoms with E-state index in [2.05, 4.69) is 11.9 Å². The quantitative estimate of drug-likeness (QED) is 0.205. The molecule has 1 atom stereocenters. The Bertz CT molecular complexity index is 1180. The predicted molar refractivity (Wildman–Crippen MR) is 127 cm³/mol. The van der Waals surface area contributed by atoms with Crippen molar-refractivity contribution in [3.8, 4) is 5.75 Å². The summed E-state index contributed by atoms with van der Waals surface area (Å²) in [5.41, 5.74) is 1.19. The zero-order valence-electron chi connectivity index (χ0n) is 19.4. The number of likely N-dealkylation sites (tertiary alicyclic amines) is 1. The smallest absolute Gasteiger partial charge is 0.296 e. The topological polar surface area (TPSA) is 92.9 Å². The number of nitrogens with zero attached hydrogens (tertiary/aromatic N) is 2. The van der Waals surface area contributed by atoms with Crippen LogP contribution in [0.5, 0.6) is 5.75 Å². The van der Waals surface area contributed by atoms with Gasteiger partial charge in [0.25, 0.3) is 11.7 Å². The molecule has 0 aliphatic carbocycles. The summed E-state index contributed by atoms with van der Waals surface area (Å²) in [4.78, 5) is 31.6. The van der Waals surface area contributed by atoms with Gasteiger partial charge in [0.15, 0.2) is 0 Å². The molecule has 0 bridgehead atoms. The van der Waals surface area contributed by atoms with E-state index in [9.17, 15) is 14.7 Å². The fourth-order valence-corrected chi connectivity index (χ4v) is 4.03. The third kappa shape index (κ3) is 4.88. The summed E-state index contributed by atoms with van der Waals surface area (Å²) >= 11 is 0. The first kappa shape index (κ1) is 23.3. The summed E-state index contributed by atoms with van der Waals surface area (Å²) in [7, 11) is 0. The molecule has 1 fully saturated rings. The molecule has 4 rings (SSSR count). The summed E-state index contributed by atoms with van der Waals surface area (Å²) in [6.07, 6.45) is 6.47. The van der Waals surface area contributed by atoms with Gasteiger partial charge in [-0.1, -0.05) is 25.8 Å². The van der Waals surface area contributed by atoms with E-state index < -0.39 is 17.7 Å². The minimum absolute atomic E-state index is 0.000135. The van der Waals surface area contributed by atoms with Crippen LogP contribution in [0.3, 0.4) is 0 Å². The number of benzene rings is 1. The lowest BCUT2D eigenvalue weighted by Gasteiger charge is -2.23. The number of rotatable bonds is 9. The molecule has 1 amide bonds. The Kier molecular flexibility index (Phi) is 7.11. The van der Waals surface area contributed by atoms with Crippen LogP contribution in [0.4, 0.5) is 0 Å². The Morgan fingerprint density at radius 2 is 1.91 bits per heavy atom. The Hall–Kier alpha value is -3.87. The number of ketones is 1. The molecule has 176 valence electrons. The van der Waals surface area contributed by atoms with Gasteiger partial charge in [0.1, 0.15) is 29.1 Å². The number of ether oxygens (including phenoxy) is 1. The zero-order valence-corrected chi connectivity index (χ0v) is 19.4. The Morgan fingerprint density at radius 3 is 2.56 bits per heavy atom. The second-order valence-electron chi connectivity index (χ2n) is 8.32. The normalized spacial score (nSPS) is 17.4. The van der Waals surface area contributed by atoms with E-state index >= 15 is 0 Å². The van der Waals surface area contributed by atoms with Crippen LogP contribution in [0.1, 0.15) is 54.9 Å². The number of amides is 1. The van der Waals surface area contributed by atoms with Crippen LogP contribution in [0.15, 0.2) is 70.9 Å². The highest BCUT2D eigenvalue weighted by Gasteiger charge is 2.47. The number of aromatic nitrogens is 1. The van der Waals surface area contributed by atoms with Crippen molar-refractivity contribution in [2.24, 2.45) is 0 Å². The number of furan rings is 1. The lowest BCUT2D eigenvalue weighted by Crippen LogP contribution is -2.29. The molecule has 34 heavy (non-hydrogen) atoms. The zero-order chi connectivity index (χ0) is 24.1. The molecule has 0 saturated carbocycles. The van der Waals surface area contributed by atoms with Crippen LogP contribution in [-0.4, -0.2) is 33.3 Å². The van der Waals surface area contributed by atoms with Crippen molar-refractivity contribution in [1.29, 1.82) is 0 Å². The van der Waals surface area contributed by atoms with Gasteiger partial charge in [0.05, 0.1) is 12.2 Å².